The molecular weight excluding hydrogens is 334 g/mol. The van der Waals surface area contributed by atoms with Crippen molar-refractivity contribution in [2.45, 2.75) is 17.9 Å². The number of thioether (sulfide) groups is 1. The van der Waals surface area contributed by atoms with Crippen molar-refractivity contribution in [3.63, 3.8) is 0 Å². The fourth-order valence-corrected chi connectivity index (χ4v) is 3.30. The molecule has 0 N–H and O–H groups in total. The van der Waals surface area contributed by atoms with Crippen LogP contribution >= 0.6 is 23.1 Å². The molecule has 0 spiro atoms. The number of aryl methyl sites for hydroxylation is 1. The molecule has 0 saturated heterocycles. The van der Waals surface area contributed by atoms with Gasteiger partial charge in [-0.15, -0.1) is 21.5 Å². The van der Waals surface area contributed by atoms with E-state index in [1.807, 2.05) is 24.4 Å². The van der Waals surface area contributed by atoms with Crippen molar-refractivity contribution >= 4 is 23.1 Å². The maximum Gasteiger partial charge on any atom is 0.277 e. The molecule has 23 heavy (non-hydrogen) atoms. The molecule has 8 heteroatoms. The van der Waals surface area contributed by atoms with Gasteiger partial charge in [0.2, 0.25) is 5.89 Å². The number of methoxy groups -OCH3 is 2. The second-order valence-electron chi connectivity index (χ2n) is 4.62. The lowest BCUT2D eigenvalue weighted by atomic mass is 10.2. The summed E-state index contributed by atoms with van der Waals surface area (Å²) in [6.07, 6.45) is 0. The zero-order chi connectivity index (χ0) is 16.2. The smallest absolute Gasteiger partial charge is 0.277 e. The van der Waals surface area contributed by atoms with Crippen LogP contribution in [-0.2, 0) is 5.75 Å². The zero-order valence-corrected chi connectivity index (χ0v) is 14.5. The predicted octanol–water partition coefficient (Wildman–Crippen LogP) is 3.81. The van der Waals surface area contributed by atoms with Crippen LogP contribution in [0.3, 0.4) is 0 Å². The van der Waals surface area contributed by atoms with Crippen LogP contribution in [0, 0.1) is 6.92 Å². The van der Waals surface area contributed by atoms with Gasteiger partial charge in [0.15, 0.2) is 0 Å². The summed E-state index contributed by atoms with van der Waals surface area (Å²) in [6.45, 7) is 1.99. The van der Waals surface area contributed by atoms with E-state index in [-0.39, 0.29) is 0 Å². The first-order valence-corrected chi connectivity index (χ1v) is 8.65. The van der Waals surface area contributed by atoms with Gasteiger partial charge in [-0.2, -0.15) is 0 Å². The first-order valence-electron chi connectivity index (χ1n) is 6.78. The lowest BCUT2D eigenvalue weighted by molar-refractivity contribution is 0.394. The second-order valence-corrected chi connectivity index (χ2v) is 6.61. The maximum atomic E-state index is 5.70. The van der Waals surface area contributed by atoms with Gasteiger partial charge in [-0.05, 0) is 19.1 Å². The van der Waals surface area contributed by atoms with Crippen LogP contribution in [0.15, 0.2) is 33.2 Å². The lowest BCUT2D eigenvalue weighted by Gasteiger charge is -2.05. The number of nitrogens with zero attached hydrogens (tertiary/aromatic N) is 3. The summed E-state index contributed by atoms with van der Waals surface area (Å²) in [5, 5.41) is 11.7. The van der Waals surface area contributed by atoms with Crippen molar-refractivity contribution in [1.82, 2.24) is 15.2 Å². The summed E-state index contributed by atoms with van der Waals surface area (Å²) >= 11 is 3.09. The normalized spacial score (nSPS) is 10.7. The predicted molar refractivity (Wildman–Crippen MR) is 89.3 cm³/mol. The van der Waals surface area contributed by atoms with Crippen LogP contribution in [0.1, 0.15) is 10.7 Å². The first-order chi connectivity index (χ1) is 11.2. The molecule has 0 unspecified atom stereocenters. The van der Waals surface area contributed by atoms with Crippen molar-refractivity contribution < 1.29 is 13.9 Å². The third kappa shape index (κ3) is 3.83. The van der Waals surface area contributed by atoms with Crippen molar-refractivity contribution in [1.29, 1.82) is 0 Å². The fourth-order valence-electron chi connectivity index (χ4n) is 1.93. The first kappa shape index (κ1) is 15.8. The Labute approximate surface area is 141 Å². The van der Waals surface area contributed by atoms with Crippen LogP contribution in [0.2, 0.25) is 0 Å². The van der Waals surface area contributed by atoms with Crippen molar-refractivity contribution in [2.75, 3.05) is 14.2 Å². The average molecular weight is 349 g/mol. The highest BCUT2D eigenvalue weighted by Crippen LogP contribution is 2.31. The van der Waals surface area contributed by atoms with Gasteiger partial charge >= 0.3 is 0 Å². The van der Waals surface area contributed by atoms with Crippen molar-refractivity contribution in [2.24, 2.45) is 0 Å². The topological polar surface area (TPSA) is 70.3 Å². The number of thiazole rings is 1. The standard InChI is InChI=1S/C15H15N3O3S2/c1-9-16-11(7-22-9)8-23-15-18-17-14(21-15)10-4-12(19-2)6-13(5-10)20-3/h4-7H,8H2,1-3H3. The monoisotopic (exact) mass is 349 g/mol. The molecule has 6 nitrogen and oxygen atoms in total. The van der Waals surface area contributed by atoms with Crippen molar-refractivity contribution in [3.8, 4) is 23.0 Å². The molecule has 2 aromatic heterocycles. The molecule has 0 aliphatic heterocycles. The number of hydrogen-bond donors (Lipinski definition) is 0. The van der Waals surface area contributed by atoms with E-state index in [1.54, 1.807) is 31.6 Å². The van der Waals surface area contributed by atoms with Gasteiger partial charge in [0, 0.05) is 22.8 Å². The van der Waals surface area contributed by atoms with Crippen molar-refractivity contribution in [3.05, 3.63) is 34.3 Å². The van der Waals surface area contributed by atoms with Crippen LogP contribution in [0.25, 0.3) is 11.5 Å². The molecule has 3 rings (SSSR count). The average Bonchev–Trinajstić information content (AvgIpc) is 3.21. The highest BCUT2D eigenvalue weighted by molar-refractivity contribution is 7.98. The van der Waals surface area contributed by atoms with E-state index in [1.165, 1.54) is 11.8 Å². The van der Waals surface area contributed by atoms with Gasteiger partial charge in [-0.25, -0.2) is 4.98 Å². The van der Waals surface area contributed by atoms with Crippen LogP contribution in [0.4, 0.5) is 0 Å². The summed E-state index contributed by atoms with van der Waals surface area (Å²) in [5.74, 6) is 2.47. The van der Waals surface area contributed by atoms with E-state index in [9.17, 15) is 0 Å². The maximum absolute atomic E-state index is 5.70. The van der Waals surface area contributed by atoms with E-state index in [2.05, 4.69) is 15.2 Å². The molecule has 0 radical (unpaired) electrons. The Bertz CT molecular complexity index is 779. The lowest BCUT2D eigenvalue weighted by Crippen LogP contribution is -1.88. The summed E-state index contributed by atoms with van der Waals surface area (Å²) in [6, 6.07) is 5.45. The Balaban J connectivity index is 1.76. The Morgan fingerprint density at radius 2 is 1.87 bits per heavy atom. The number of ether oxygens (including phenoxy) is 2. The SMILES string of the molecule is COc1cc(OC)cc(-c2nnc(SCc3csc(C)n3)o2)c1. The van der Waals surface area contributed by atoms with Gasteiger partial charge < -0.3 is 13.9 Å². The van der Waals surface area contributed by atoms with E-state index >= 15 is 0 Å². The van der Waals surface area contributed by atoms with Crippen LogP contribution in [0.5, 0.6) is 11.5 Å². The van der Waals surface area contributed by atoms with Gasteiger partial charge in [0.05, 0.1) is 24.9 Å². The molecule has 0 saturated carbocycles. The van der Waals surface area contributed by atoms with E-state index in [0.717, 1.165) is 16.3 Å². The van der Waals surface area contributed by atoms with Crippen LogP contribution < -0.4 is 9.47 Å². The quantitative estimate of drug-likeness (QED) is 0.627. The van der Waals surface area contributed by atoms with E-state index in [0.29, 0.717) is 28.4 Å². The summed E-state index contributed by atoms with van der Waals surface area (Å²) in [7, 11) is 3.20. The molecule has 0 aliphatic carbocycles. The highest BCUT2D eigenvalue weighted by Gasteiger charge is 2.12. The highest BCUT2D eigenvalue weighted by atomic mass is 32.2. The second kappa shape index (κ2) is 7.01. The minimum atomic E-state index is 0.430. The molecule has 2 heterocycles. The molecule has 1 aromatic carbocycles. The molecule has 0 bridgehead atoms. The summed E-state index contributed by atoms with van der Waals surface area (Å²) < 4.78 is 16.2. The van der Waals surface area contributed by atoms with Gasteiger partial charge in [0.25, 0.3) is 5.22 Å². The minimum absolute atomic E-state index is 0.430. The van der Waals surface area contributed by atoms with Gasteiger partial charge in [-0.3, -0.25) is 0 Å². The summed E-state index contributed by atoms with van der Waals surface area (Å²) in [5.41, 5.74) is 1.77. The third-order valence-electron chi connectivity index (χ3n) is 3.01. The molecule has 3 aromatic rings. The number of aromatic nitrogens is 3. The molecule has 0 amide bonds. The van der Waals surface area contributed by atoms with E-state index in [4.69, 9.17) is 13.9 Å². The fraction of sp³-hybridized carbons (Fsp3) is 0.267. The van der Waals surface area contributed by atoms with Gasteiger partial charge in [0.1, 0.15) is 11.5 Å². The summed E-state index contributed by atoms with van der Waals surface area (Å²) in [4.78, 5) is 4.41. The number of benzene rings is 1. The molecule has 0 atom stereocenters. The van der Waals surface area contributed by atoms with Gasteiger partial charge in [-0.1, -0.05) is 11.8 Å². The Morgan fingerprint density at radius 1 is 1.13 bits per heavy atom. The number of hydrogen-bond acceptors (Lipinski definition) is 8. The molecule has 120 valence electrons. The Hall–Kier alpha value is -2.06. The minimum Gasteiger partial charge on any atom is -0.497 e. The third-order valence-corrected chi connectivity index (χ3v) is 4.69. The Kier molecular flexibility index (Phi) is 4.82. The number of rotatable bonds is 6. The van der Waals surface area contributed by atoms with Crippen LogP contribution in [-0.4, -0.2) is 29.4 Å². The molecule has 0 aliphatic rings. The molecule has 0 fully saturated rings. The van der Waals surface area contributed by atoms with E-state index < -0.39 is 0 Å². The zero-order valence-electron chi connectivity index (χ0n) is 12.9. The largest absolute Gasteiger partial charge is 0.497 e. The molecular formula is C15H15N3O3S2. The Morgan fingerprint density at radius 3 is 2.48 bits per heavy atom.